The van der Waals surface area contributed by atoms with Crippen LogP contribution in [-0.2, 0) is 16.0 Å². The maximum Gasteiger partial charge on any atom is 0.393 e. The van der Waals surface area contributed by atoms with Crippen LogP contribution in [0.25, 0.3) is 0 Å². The van der Waals surface area contributed by atoms with Crippen LogP contribution < -0.4 is 10.6 Å². The number of benzene rings is 1. The lowest BCUT2D eigenvalue weighted by molar-refractivity contribution is -0.128. The van der Waals surface area contributed by atoms with Crippen LogP contribution in [0, 0.1) is 16.7 Å². The molecule has 1 unspecified atom stereocenters. The van der Waals surface area contributed by atoms with Gasteiger partial charge in [0.05, 0.1) is 6.42 Å². The highest BCUT2D eigenvalue weighted by molar-refractivity contribution is 5.88. The quantitative estimate of drug-likeness (QED) is 0.387. The second-order valence-electron chi connectivity index (χ2n) is 9.77. The molecule has 3 N–H and O–H groups in total. The first-order valence-electron chi connectivity index (χ1n) is 11.9. The summed E-state index contributed by atoms with van der Waals surface area (Å²) in [6, 6.07) is 6.48. The van der Waals surface area contributed by atoms with E-state index in [0.29, 0.717) is 0 Å². The third-order valence-electron chi connectivity index (χ3n) is 6.54. The molecule has 0 spiro atoms. The Morgan fingerprint density at radius 3 is 2.44 bits per heavy atom. The molecule has 196 valence electrons. The predicted molar refractivity (Wildman–Crippen MR) is 131 cm³/mol. The van der Waals surface area contributed by atoms with E-state index in [1.165, 1.54) is 12.1 Å². The smallest absolute Gasteiger partial charge is 0.381 e. The van der Waals surface area contributed by atoms with Crippen molar-refractivity contribution in [3.05, 3.63) is 58.6 Å². The van der Waals surface area contributed by atoms with Crippen LogP contribution in [0.4, 0.5) is 17.6 Å². The summed E-state index contributed by atoms with van der Waals surface area (Å²) >= 11 is 0. The molecule has 4 rings (SSSR count). The molecule has 1 aliphatic carbocycles. The lowest BCUT2D eigenvalue weighted by Gasteiger charge is -2.25. The zero-order chi connectivity index (χ0) is 26.5. The Morgan fingerprint density at radius 1 is 1.25 bits per heavy atom. The maximum absolute atomic E-state index is 12.8. The molecule has 1 aromatic rings. The number of allylic oxidation sites excluding steroid dienone is 3. The summed E-state index contributed by atoms with van der Waals surface area (Å²) < 4.78 is 55.5. The molecule has 0 bridgehead atoms. The number of carbonyl (C=O) groups is 1. The van der Waals surface area contributed by atoms with Gasteiger partial charge in [-0.15, -0.1) is 0 Å². The topological polar surface area (TPSA) is 86.6 Å². The largest absolute Gasteiger partial charge is 0.393 e. The minimum absolute atomic E-state index is 0.00237. The highest BCUT2D eigenvalue weighted by Crippen LogP contribution is 2.49. The normalized spacial score (nSPS) is 22.4. The Kier molecular flexibility index (Phi) is 8.71. The van der Waals surface area contributed by atoms with Crippen molar-refractivity contribution < 1.29 is 27.1 Å². The predicted octanol–water partition coefficient (Wildman–Crippen LogP) is 5.18. The average molecular weight is 509 g/mol. The molecule has 1 fully saturated rings. The number of ether oxygens (including phenoxy) is 1. The van der Waals surface area contributed by atoms with Crippen molar-refractivity contribution in [1.82, 2.24) is 10.6 Å². The molecule has 6 nitrogen and oxygen atoms in total. The molecule has 0 saturated carbocycles. The first-order valence-corrected chi connectivity index (χ1v) is 11.9. The fourth-order valence-corrected chi connectivity index (χ4v) is 4.74. The number of nitrogens with zero attached hydrogens (tertiary/aromatic N) is 1. The average Bonchev–Trinajstić information content (AvgIpc) is 3.09. The van der Waals surface area contributed by atoms with Gasteiger partial charge in [-0.25, -0.2) is 4.99 Å². The Morgan fingerprint density at radius 2 is 1.89 bits per heavy atom. The van der Waals surface area contributed by atoms with E-state index in [1.807, 2.05) is 13.8 Å². The number of hydrogen-bond donors (Lipinski definition) is 3. The van der Waals surface area contributed by atoms with Crippen molar-refractivity contribution in [2.24, 2.45) is 16.3 Å². The van der Waals surface area contributed by atoms with Crippen LogP contribution in [0.1, 0.15) is 50.2 Å². The molecule has 2 aliphatic heterocycles. The summed E-state index contributed by atoms with van der Waals surface area (Å²) in [5, 5.41) is 12.7. The Labute approximate surface area is 208 Å². The summed E-state index contributed by atoms with van der Waals surface area (Å²) in [5.41, 5.74) is 2.78. The molecule has 1 atom stereocenters. The van der Waals surface area contributed by atoms with Crippen LogP contribution in [0.3, 0.4) is 0 Å². The molecule has 3 aliphatic rings. The monoisotopic (exact) mass is 508 g/mol. The van der Waals surface area contributed by atoms with Crippen molar-refractivity contribution in [3.8, 4) is 0 Å². The van der Waals surface area contributed by atoms with Gasteiger partial charge in [0, 0.05) is 55.5 Å². The van der Waals surface area contributed by atoms with Gasteiger partial charge < -0.3 is 15.4 Å². The van der Waals surface area contributed by atoms with Gasteiger partial charge in [0.25, 0.3) is 0 Å². The number of hydrogen-bond acceptors (Lipinski definition) is 5. The van der Waals surface area contributed by atoms with Gasteiger partial charge in [0.1, 0.15) is 5.82 Å². The van der Waals surface area contributed by atoms with Gasteiger partial charge in [-0.05, 0) is 36.0 Å². The van der Waals surface area contributed by atoms with E-state index in [0.717, 1.165) is 55.4 Å². The zero-order valence-corrected chi connectivity index (χ0v) is 20.6. The summed E-state index contributed by atoms with van der Waals surface area (Å²) in [4.78, 5) is 15.2. The third-order valence-corrected chi connectivity index (χ3v) is 6.54. The van der Waals surface area contributed by atoms with Gasteiger partial charge in [-0.1, -0.05) is 38.1 Å². The summed E-state index contributed by atoms with van der Waals surface area (Å²) in [6.45, 7) is 5.56. The number of rotatable bonds is 4. The molecule has 0 radical (unpaired) electrons. The lowest BCUT2D eigenvalue weighted by Crippen LogP contribution is -2.31. The van der Waals surface area contributed by atoms with E-state index in [2.05, 4.69) is 15.6 Å². The van der Waals surface area contributed by atoms with Gasteiger partial charge in [-0.3, -0.25) is 10.2 Å². The Bertz CT molecular complexity index is 1050. The number of halogens is 4. The van der Waals surface area contributed by atoms with Crippen molar-refractivity contribution in [1.29, 1.82) is 5.41 Å². The van der Waals surface area contributed by atoms with E-state index in [1.54, 1.807) is 25.4 Å². The number of aliphatic imine (C=N–C) groups is 1. The van der Waals surface area contributed by atoms with Crippen LogP contribution in [-0.4, -0.2) is 44.5 Å². The van der Waals surface area contributed by atoms with E-state index in [4.69, 9.17) is 10.1 Å². The molecule has 1 amide bonds. The van der Waals surface area contributed by atoms with E-state index in [9.17, 15) is 22.4 Å². The number of alkyl halides is 3. The minimum Gasteiger partial charge on any atom is -0.381 e. The van der Waals surface area contributed by atoms with Crippen LogP contribution in [0.5, 0.6) is 0 Å². The summed E-state index contributed by atoms with van der Waals surface area (Å²) in [7, 11) is 1.68. The fraction of sp³-hybridized carbons (Fsp3) is 0.500. The van der Waals surface area contributed by atoms with Crippen molar-refractivity contribution in [2.45, 2.75) is 51.6 Å². The number of amides is 1. The standard InChI is InChI=1S/C19H19F4N3.C7H13NO2/c1-18(2)9-13(12-5-3-11(4-6-12)8-19(21,22)23)14-10-25-16(7-15(20)24)26-17(14)18;1-8-7(9)6-2-4-10-5-3-6/h3-7,10,13,24,26H,8-9H2,1-2H3;6H,2-5H2,1H3,(H,8,9)/b16-7-,24-15?;. The van der Waals surface area contributed by atoms with Crippen molar-refractivity contribution in [2.75, 3.05) is 20.3 Å². The lowest BCUT2D eigenvalue weighted by atomic mass is 9.85. The molecule has 2 heterocycles. The zero-order valence-electron chi connectivity index (χ0n) is 20.6. The molecule has 1 aromatic carbocycles. The van der Waals surface area contributed by atoms with Gasteiger partial charge in [0.15, 0.2) is 0 Å². The Hall–Kier alpha value is -3.01. The highest BCUT2D eigenvalue weighted by Gasteiger charge is 2.41. The third kappa shape index (κ3) is 7.25. The van der Waals surface area contributed by atoms with Crippen molar-refractivity contribution >= 4 is 18.1 Å². The molecule has 1 saturated heterocycles. The van der Waals surface area contributed by atoms with Crippen molar-refractivity contribution in [3.63, 3.8) is 0 Å². The highest BCUT2D eigenvalue weighted by atomic mass is 19.4. The first kappa shape index (κ1) is 27.6. The maximum atomic E-state index is 12.8. The van der Waals surface area contributed by atoms with Gasteiger partial charge >= 0.3 is 6.18 Å². The van der Waals surface area contributed by atoms with Gasteiger partial charge in [-0.2, -0.15) is 17.6 Å². The summed E-state index contributed by atoms with van der Waals surface area (Å²) in [5.74, 6) is -0.462. The molecular weight excluding hydrogens is 476 g/mol. The van der Waals surface area contributed by atoms with Crippen LogP contribution >= 0.6 is 0 Å². The molecule has 0 aromatic heterocycles. The van der Waals surface area contributed by atoms with Crippen LogP contribution in [0.2, 0.25) is 0 Å². The van der Waals surface area contributed by atoms with Crippen LogP contribution in [0.15, 0.2) is 52.4 Å². The molecular formula is C26H32F4N4O2. The fourth-order valence-electron chi connectivity index (χ4n) is 4.74. The van der Waals surface area contributed by atoms with E-state index < -0.39 is 18.6 Å². The molecule has 36 heavy (non-hydrogen) atoms. The van der Waals surface area contributed by atoms with E-state index in [-0.39, 0.29) is 34.5 Å². The number of nitrogens with one attached hydrogen (secondary N) is 3. The number of carbonyl (C=O) groups excluding carboxylic acids is 1. The summed E-state index contributed by atoms with van der Waals surface area (Å²) in [6.07, 6.45) is 0.0113. The van der Waals surface area contributed by atoms with E-state index >= 15 is 0 Å². The second kappa shape index (κ2) is 11.4. The minimum atomic E-state index is -4.22. The first-order chi connectivity index (χ1) is 16.9. The SMILES string of the molecule is CC1(C)CC(c2ccc(CC(F)(F)F)cc2)C2=C1N/C(=C\C(=N)F)N=C2.CNC(=O)C1CCOCC1. The molecule has 10 heteroatoms. The second-order valence-corrected chi connectivity index (χ2v) is 9.77. The van der Waals surface area contributed by atoms with Gasteiger partial charge in [0.2, 0.25) is 11.9 Å². The Balaban J connectivity index is 0.000000303.